The van der Waals surface area contributed by atoms with Crippen molar-refractivity contribution in [2.45, 2.75) is 6.42 Å². The number of methoxy groups -OCH3 is 2. The highest BCUT2D eigenvalue weighted by Crippen LogP contribution is 2.23. The molecule has 0 aliphatic heterocycles. The standard InChI is InChI=1S/C20H21ClN2O6/c1-27-18(24)13-8-9-14(19(25)28-2)16(12-13)23-20(26)22-10-5-11-29-17-7-4-3-6-15(17)21/h3-4,6-9,12H,5,10-11H2,1-2H3,(H2,22,23,26). The predicted molar refractivity (Wildman–Crippen MR) is 108 cm³/mol. The van der Waals surface area contributed by atoms with Crippen molar-refractivity contribution in [3.63, 3.8) is 0 Å². The number of anilines is 1. The van der Waals surface area contributed by atoms with Gasteiger partial charge in [0.2, 0.25) is 0 Å². The maximum atomic E-state index is 12.2. The highest BCUT2D eigenvalue weighted by Gasteiger charge is 2.17. The highest BCUT2D eigenvalue weighted by molar-refractivity contribution is 6.32. The van der Waals surface area contributed by atoms with Crippen LogP contribution in [0.3, 0.4) is 0 Å². The van der Waals surface area contributed by atoms with Gasteiger partial charge in [0.15, 0.2) is 0 Å². The first kappa shape index (κ1) is 22.0. The van der Waals surface area contributed by atoms with E-state index in [4.69, 9.17) is 21.1 Å². The third-order valence-electron chi connectivity index (χ3n) is 3.80. The van der Waals surface area contributed by atoms with Gasteiger partial charge < -0.3 is 24.8 Å². The molecule has 0 spiro atoms. The van der Waals surface area contributed by atoms with Gasteiger partial charge in [-0.2, -0.15) is 0 Å². The Morgan fingerprint density at radius 1 is 1.00 bits per heavy atom. The molecule has 2 aromatic carbocycles. The van der Waals surface area contributed by atoms with Gasteiger partial charge in [0, 0.05) is 6.54 Å². The summed E-state index contributed by atoms with van der Waals surface area (Å²) in [6.07, 6.45) is 0.532. The molecule has 2 N–H and O–H groups in total. The summed E-state index contributed by atoms with van der Waals surface area (Å²) in [5.41, 5.74) is 0.422. The number of para-hydroxylation sites is 1. The topological polar surface area (TPSA) is 103 Å². The second-order valence-corrected chi connectivity index (χ2v) is 6.16. The first-order valence-corrected chi connectivity index (χ1v) is 9.07. The van der Waals surface area contributed by atoms with Crippen LogP contribution < -0.4 is 15.4 Å². The molecule has 0 heterocycles. The molecular formula is C20H21ClN2O6. The molecule has 29 heavy (non-hydrogen) atoms. The summed E-state index contributed by atoms with van der Waals surface area (Å²) in [7, 11) is 2.46. The summed E-state index contributed by atoms with van der Waals surface area (Å²) in [4.78, 5) is 35.7. The van der Waals surface area contributed by atoms with Crippen molar-refractivity contribution in [3.05, 3.63) is 58.6 Å². The normalized spacial score (nSPS) is 10.0. The van der Waals surface area contributed by atoms with Crippen LogP contribution in [-0.4, -0.2) is 45.3 Å². The van der Waals surface area contributed by atoms with Gasteiger partial charge in [-0.1, -0.05) is 23.7 Å². The Balaban J connectivity index is 1.90. The van der Waals surface area contributed by atoms with Gasteiger partial charge in [-0.3, -0.25) is 0 Å². The van der Waals surface area contributed by atoms with E-state index >= 15 is 0 Å². The molecule has 9 heteroatoms. The van der Waals surface area contributed by atoms with Crippen LogP contribution in [0.5, 0.6) is 5.75 Å². The van der Waals surface area contributed by atoms with Crippen LogP contribution in [0.1, 0.15) is 27.1 Å². The van der Waals surface area contributed by atoms with Crippen LogP contribution in [-0.2, 0) is 9.47 Å². The lowest BCUT2D eigenvalue weighted by atomic mass is 10.1. The third kappa shape index (κ3) is 6.39. The molecule has 0 saturated carbocycles. The minimum Gasteiger partial charge on any atom is -0.492 e. The average Bonchev–Trinajstić information content (AvgIpc) is 2.73. The number of benzene rings is 2. The molecule has 154 valence electrons. The van der Waals surface area contributed by atoms with Gasteiger partial charge in [-0.25, -0.2) is 14.4 Å². The van der Waals surface area contributed by atoms with Crippen LogP contribution in [0.4, 0.5) is 10.5 Å². The molecule has 0 saturated heterocycles. The van der Waals surface area contributed by atoms with E-state index in [2.05, 4.69) is 15.4 Å². The minimum atomic E-state index is -0.648. The molecule has 2 rings (SSSR count). The first-order valence-electron chi connectivity index (χ1n) is 8.69. The van der Waals surface area contributed by atoms with Crippen molar-refractivity contribution in [3.8, 4) is 5.75 Å². The van der Waals surface area contributed by atoms with E-state index in [-0.39, 0.29) is 16.8 Å². The summed E-state index contributed by atoms with van der Waals surface area (Å²) in [6.45, 7) is 0.676. The lowest BCUT2D eigenvalue weighted by Gasteiger charge is -2.12. The third-order valence-corrected chi connectivity index (χ3v) is 4.11. The molecule has 0 fully saturated rings. The smallest absolute Gasteiger partial charge is 0.339 e. The van der Waals surface area contributed by atoms with Crippen molar-refractivity contribution in [1.29, 1.82) is 0 Å². The zero-order chi connectivity index (χ0) is 21.2. The van der Waals surface area contributed by atoms with E-state index in [0.717, 1.165) is 0 Å². The zero-order valence-corrected chi connectivity index (χ0v) is 16.7. The second kappa shape index (κ2) is 10.9. The van der Waals surface area contributed by atoms with Crippen molar-refractivity contribution >= 4 is 35.3 Å². The largest absolute Gasteiger partial charge is 0.492 e. The van der Waals surface area contributed by atoms with Crippen LogP contribution in [0.15, 0.2) is 42.5 Å². The second-order valence-electron chi connectivity index (χ2n) is 5.76. The zero-order valence-electron chi connectivity index (χ0n) is 16.0. The molecule has 8 nitrogen and oxygen atoms in total. The van der Waals surface area contributed by atoms with Crippen molar-refractivity contribution in [1.82, 2.24) is 5.32 Å². The van der Waals surface area contributed by atoms with E-state index in [1.165, 1.54) is 32.4 Å². The van der Waals surface area contributed by atoms with Gasteiger partial charge in [-0.05, 0) is 36.8 Å². The van der Waals surface area contributed by atoms with Gasteiger partial charge in [-0.15, -0.1) is 0 Å². The Bertz CT molecular complexity index is 887. The molecule has 0 aliphatic rings. The Morgan fingerprint density at radius 2 is 1.72 bits per heavy atom. The number of hydrogen-bond acceptors (Lipinski definition) is 6. The fourth-order valence-corrected chi connectivity index (χ4v) is 2.56. The van der Waals surface area contributed by atoms with Gasteiger partial charge in [0.1, 0.15) is 5.75 Å². The van der Waals surface area contributed by atoms with Crippen LogP contribution in [0.2, 0.25) is 5.02 Å². The molecule has 0 atom stereocenters. The highest BCUT2D eigenvalue weighted by atomic mass is 35.5. The maximum absolute atomic E-state index is 12.2. The number of urea groups is 1. The number of esters is 2. The van der Waals surface area contributed by atoms with Crippen LogP contribution >= 0.6 is 11.6 Å². The average molecular weight is 421 g/mol. The molecule has 0 unspecified atom stereocenters. The van der Waals surface area contributed by atoms with Gasteiger partial charge in [0.25, 0.3) is 0 Å². The lowest BCUT2D eigenvalue weighted by molar-refractivity contribution is 0.0587. The number of hydrogen-bond donors (Lipinski definition) is 2. The number of ether oxygens (including phenoxy) is 3. The molecule has 0 radical (unpaired) electrons. The van der Waals surface area contributed by atoms with Crippen molar-refractivity contribution in [2.75, 3.05) is 32.7 Å². The SMILES string of the molecule is COC(=O)c1ccc(C(=O)OC)c(NC(=O)NCCCOc2ccccc2Cl)c1. The van der Waals surface area contributed by atoms with E-state index in [0.29, 0.717) is 30.3 Å². The number of nitrogens with one attached hydrogen (secondary N) is 2. The summed E-state index contributed by atoms with van der Waals surface area (Å²) in [5, 5.41) is 5.70. The number of amides is 2. The number of rotatable bonds is 8. The molecule has 0 aliphatic carbocycles. The molecule has 0 aromatic heterocycles. The van der Waals surface area contributed by atoms with E-state index < -0.39 is 18.0 Å². The quantitative estimate of drug-likeness (QED) is 0.500. The predicted octanol–water partition coefficient (Wildman–Crippen LogP) is 3.50. The monoisotopic (exact) mass is 420 g/mol. The molecule has 2 aromatic rings. The fraction of sp³-hybridized carbons (Fsp3) is 0.250. The maximum Gasteiger partial charge on any atom is 0.339 e. The Labute approximate surface area is 173 Å². The van der Waals surface area contributed by atoms with E-state index in [9.17, 15) is 14.4 Å². The van der Waals surface area contributed by atoms with Crippen LogP contribution in [0.25, 0.3) is 0 Å². The summed E-state index contributed by atoms with van der Waals surface area (Å²) < 4.78 is 14.9. The van der Waals surface area contributed by atoms with E-state index in [1.54, 1.807) is 18.2 Å². The van der Waals surface area contributed by atoms with Crippen LogP contribution in [0, 0.1) is 0 Å². The number of carbonyl (C=O) groups excluding carboxylic acids is 3. The molecule has 0 bridgehead atoms. The Morgan fingerprint density at radius 3 is 2.41 bits per heavy atom. The number of halogens is 1. The summed E-state index contributed by atoms with van der Waals surface area (Å²) >= 11 is 6.00. The molecule has 2 amide bonds. The summed E-state index contributed by atoms with van der Waals surface area (Å²) in [6, 6.07) is 10.7. The Kier molecular flexibility index (Phi) is 8.29. The lowest BCUT2D eigenvalue weighted by Crippen LogP contribution is -2.31. The van der Waals surface area contributed by atoms with Crippen molar-refractivity contribution in [2.24, 2.45) is 0 Å². The molecular weight excluding hydrogens is 400 g/mol. The number of carbonyl (C=O) groups is 3. The van der Waals surface area contributed by atoms with Gasteiger partial charge >= 0.3 is 18.0 Å². The van der Waals surface area contributed by atoms with E-state index in [1.807, 2.05) is 6.07 Å². The minimum absolute atomic E-state index is 0.109. The first-order chi connectivity index (χ1) is 14.0. The fourth-order valence-electron chi connectivity index (χ4n) is 2.36. The summed E-state index contributed by atoms with van der Waals surface area (Å²) in [5.74, 6) is -0.674. The van der Waals surface area contributed by atoms with Crippen molar-refractivity contribution < 1.29 is 28.6 Å². The Hall–Kier alpha value is -3.26. The van der Waals surface area contributed by atoms with Gasteiger partial charge in [0.05, 0.1) is 42.7 Å².